The Labute approximate surface area is 247 Å². The van der Waals surface area contributed by atoms with Crippen LogP contribution in [0.4, 0.5) is 11.4 Å². The van der Waals surface area contributed by atoms with Crippen molar-refractivity contribution >= 4 is 40.3 Å². The lowest BCUT2D eigenvalue weighted by molar-refractivity contribution is 0.438. The maximum atomic E-state index is 6.97. The molecule has 3 aromatic heterocycles. The molecular formula is C32H35ClN6S. The summed E-state index contributed by atoms with van der Waals surface area (Å²) in [5, 5.41) is 5.04. The molecule has 0 aliphatic carbocycles. The normalized spacial score (nSPS) is 19.8. The highest BCUT2D eigenvalue weighted by atomic mass is 35.5. The number of hydrogen-bond donors (Lipinski definition) is 1. The number of nitrogens with zero attached hydrogens (tertiary/aromatic N) is 5. The van der Waals surface area contributed by atoms with Crippen molar-refractivity contribution < 1.29 is 0 Å². The maximum Gasteiger partial charge on any atom is 0.174 e. The van der Waals surface area contributed by atoms with Gasteiger partial charge in [0.05, 0.1) is 28.5 Å². The second kappa shape index (κ2) is 11.2. The van der Waals surface area contributed by atoms with Gasteiger partial charge in [-0.25, -0.2) is 0 Å². The summed E-state index contributed by atoms with van der Waals surface area (Å²) in [6.07, 6.45) is 7.93. The molecule has 6 nitrogen and oxygen atoms in total. The number of halogens is 1. The van der Waals surface area contributed by atoms with Crippen LogP contribution in [0.2, 0.25) is 5.02 Å². The molecule has 2 aliphatic heterocycles. The second-order valence-electron chi connectivity index (χ2n) is 11.1. The van der Waals surface area contributed by atoms with Gasteiger partial charge in [0.2, 0.25) is 0 Å². The molecule has 0 amide bonds. The van der Waals surface area contributed by atoms with E-state index in [-0.39, 0.29) is 12.1 Å². The van der Waals surface area contributed by atoms with Crippen molar-refractivity contribution in [1.82, 2.24) is 19.9 Å². The molecule has 0 spiro atoms. The lowest BCUT2D eigenvalue weighted by Gasteiger charge is -2.33. The Morgan fingerprint density at radius 2 is 1.77 bits per heavy atom. The Morgan fingerprint density at radius 3 is 2.48 bits per heavy atom. The van der Waals surface area contributed by atoms with Crippen molar-refractivity contribution in [2.75, 3.05) is 22.9 Å². The third-order valence-electron chi connectivity index (χ3n) is 8.45. The Bertz CT molecular complexity index is 1500. The lowest BCUT2D eigenvalue weighted by Crippen LogP contribution is -2.33. The highest BCUT2D eigenvalue weighted by Gasteiger charge is 2.42. The van der Waals surface area contributed by atoms with E-state index >= 15 is 0 Å². The summed E-state index contributed by atoms with van der Waals surface area (Å²) in [5.41, 5.74) is 7.90. The minimum atomic E-state index is -0.106. The van der Waals surface area contributed by atoms with Gasteiger partial charge >= 0.3 is 0 Å². The maximum absolute atomic E-state index is 6.97. The van der Waals surface area contributed by atoms with E-state index in [9.17, 15) is 0 Å². The summed E-state index contributed by atoms with van der Waals surface area (Å²) in [4.78, 5) is 13.5. The molecule has 4 aromatic rings. The third kappa shape index (κ3) is 5.08. The number of aromatic nitrogens is 3. The van der Waals surface area contributed by atoms with Gasteiger partial charge in [0.15, 0.2) is 5.11 Å². The van der Waals surface area contributed by atoms with Gasteiger partial charge in [-0.1, -0.05) is 24.6 Å². The van der Waals surface area contributed by atoms with Gasteiger partial charge in [-0.3, -0.25) is 9.97 Å². The number of nitrogens with one attached hydrogen (secondary N) is 1. The number of pyridine rings is 2. The average molecular weight is 571 g/mol. The fourth-order valence-electron chi connectivity index (χ4n) is 6.14. The van der Waals surface area contributed by atoms with Gasteiger partial charge in [0.25, 0.3) is 0 Å². The van der Waals surface area contributed by atoms with E-state index in [2.05, 4.69) is 87.9 Å². The van der Waals surface area contributed by atoms with E-state index in [1.807, 2.05) is 30.7 Å². The van der Waals surface area contributed by atoms with Crippen LogP contribution in [-0.2, 0) is 6.54 Å². The molecule has 1 N–H and O–H groups in total. The van der Waals surface area contributed by atoms with E-state index in [0.29, 0.717) is 5.11 Å². The van der Waals surface area contributed by atoms with E-state index in [4.69, 9.17) is 28.8 Å². The van der Waals surface area contributed by atoms with Gasteiger partial charge in [-0.15, -0.1) is 0 Å². The fraction of sp³-hybridized carbons (Fsp3) is 0.344. The minimum absolute atomic E-state index is 0.0856. The summed E-state index contributed by atoms with van der Waals surface area (Å²) in [6, 6.07) is 18.7. The van der Waals surface area contributed by atoms with Gasteiger partial charge in [-0.05, 0) is 104 Å². The third-order valence-corrected chi connectivity index (χ3v) is 9.07. The average Bonchev–Trinajstić information content (AvgIpc) is 3.45. The molecule has 206 valence electrons. The predicted molar refractivity (Wildman–Crippen MR) is 167 cm³/mol. The molecule has 5 heterocycles. The first kappa shape index (κ1) is 26.8. The first-order valence-corrected chi connectivity index (χ1v) is 14.8. The zero-order valence-electron chi connectivity index (χ0n) is 23.2. The molecule has 2 fully saturated rings. The Morgan fingerprint density at radius 1 is 1.00 bits per heavy atom. The van der Waals surface area contributed by atoms with Crippen molar-refractivity contribution in [3.05, 3.63) is 106 Å². The van der Waals surface area contributed by atoms with Gasteiger partial charge in [0.1, 0.15) is 0 Å². The highest BCUT2D eigenvalue weighted by molar-refractivity contribution is 7.80. The molecule has 2 atom stereocenters. The van der Waals surface area contributed by atoms with E-state index in [0.717, 1.165) is 47.6 Å². The van der Waals surface area contributed by atoms with Crippen molar-refractivity contribution in [3.63, 3.8) is 0 Å². The summed E-state index contributed by atoms with van der Waals surface area (Å²) in [6.45, 7) is 9.56. The van der Waals surface area contributed by atoms with Crippen LogP contribution in [0.15, 0.2) is 73.2 Å². The zero-order chi connectivity index (χ0) is 27.8. The molecule has 6 rings (SSSR count). The molecule has 1 aromatic carbocycles. The summed E-state index contributed by atoms with van der Waals surface area (Å²) in [7, 11) is 0. The molecule has 0 unspecified atom stereocenters. The van der Waals surface area contributed by atoms with Crippen LogP contribution in [0.25, 0.3) is 0 Å². The molecule has 8 heteroatoms. The summed E-state index contributed by atoms with van der Waals surface area (Å²) >= 11 is 13.0. The van der Waals surface area contributed by atoms with Crippen LogP contribution in [0.3, 0.4) is 0 Å². The van der Waals surface area contributed by atoms with Crippen LogP contribution >= 0.6 is 23.8 Å². The lowest BCUT2D eigenvalue weighted by atomic mass is 9.96. The quantitative estimate of drug-likeness (QED) is 0.252. The van der Waals surface area contributed by atoms with Gasteiger partial charge in [0, 0.05) is 55.3 Å². The van der Waals surface area contributed by atoms with Crippen LogP contribution in [0.5, 0.6) is 0 Å². The van der Waals surface area contributed by atoms with Crippen molar-refractivity contribution in [3.8, 4) is 0 Å². The zero-order valence-corrected chi connectivity index (χ0v) is 24.8. The van der Waals surface area contributed by atoms with Gasteiger partial charge < -0.3 is 19.7 Å². The van der Waals surface area contributed by atoms with Gasteiger partial charge in [-0.2, -0.15) is 0 Å². The minimum Gasteiger partial charge on any atom is -0.370 e. The number of benzene rings is 1. The van der Waals surface area contributed by atoms with E-state index in [1.54, 1.807) is 0 Å². The standard InChI is InChI=1S/C32H35ClN6S/c1-21-11-16-37(17-12-21)29-8-7-25(19-27(29)33)39-31(30(36-32(39)40)28-6-4-5-13-35-28)26-18-22(2)38(23(26)3)20-24-9-14-34-15-10-24/h4-10,13-15,18-19,21,30-31H,11-12,16-17,20H2,1-3H3,(H,36,40)/t30-,31-/m0/s1. The number of hydrogen-bond acceptors (Lipinski definition) is 4. The molecule has 0 radical (unpaired) electrons. The molecule has 2 aliphatic rings. The van der Waals surface area contributed by atoms with Crippen molar-refractivity contribution in [1.29, 1.82) is 0 Å². The Kier molecular flexibility index (Phi) is 7.51. The molecule has 0 saturated carbocycles. The fourth-order valence-corrected chi connectivity index (χ4v) is 6.78. The number of thiocarbonyl (C=S) groups is 1. The first-order valence-electron chi connectivity index (χ1n) is 14.0. The molecule has 40 heavy (non-hydrogen) atoms. The van der Waals surface area contributed by atoms with Crippen molar-refractivity contribution in [2.24, 2.45) is 5.92 Å². The van der Waals surface area contributed by atoms with Crippen LogP contribution in [-0.4, -0.2) is 32.7 Å². The second-order valence-corrected chi connectivity index (χ2v) is 11.9. The molecule has 0 bridgehead atoms. The monoisotopic (exact) mass is 570 g/mol. The van der Waals surface area contributed by atoms with Crippen LogP contribution < -0.4 is 15.1 Å². The van der Waals surface area contributed by atoms with E-state index in [1.165, 1.54) is 35.4 Å². The number of piperidine rings is 1. The van der Waals surface area contributed by atoms with Crippen LogP contribution in [0, 0.1) is 19.8 Å². The highest BCUT2D eigenvalue weighted by Crippen LogP contribution is 2.45. The number of aryl methyl sites for hydroxylation is 1. The topological polar surface area (TPSA) is 49.2 Å². The molecule has 2 saturated heterocycles. The van der Waals surface area contributed by atoms with E-state index < -0.39 is 0 Å². The molecular weight excluding hydrogens is 536 g/mol. The van der Waals surface area contributed by atoms with Crippen LogP contribution in [0.1, 0.15) is 60.1 Å². The SMILES string of the molecule is Cc1cc([C@H]2[C@H](c3ccccn3)NC(=S)N2c2ccc(N3CCC(C)CC3)c(Cl)c2)c(C)n1Cc1ccncc1. The smallest absolute Gasteiger partial charge is 0.174 e. The first-order chi connectivity index (χ1) is 19.4. The number of anilines is 2. The Balaban J connectivity index is 1.40. The van der Waals surface area contributed by atoms with Crippen molar-refractivity contribution in [2.45, 2.75) is 52.2 Å². The summed E-state index contributed by atoms with van der Waals surface area (Å²) in [5.74, 6) is 0.768. The largest absolute Gasteiger partial charge is 0.370 e. The number of rotatable bonds is 6. The Hall–Kier alpha value is -3.42. The summed E-state index contributed by atoms with van der Waals surface area (Å²) < 4.78 is 2.37. The predicted octanol–water partition coefficient (Wildman–Crippen LogP) is 7.01.